The third-order valence-electron chi connectivity index (χ3n) is 1.24. The quantitative estimate of drug-likeness (QED) is 0.284. The van der Waals surface area contributed by atoms with Crippen molar-refractivity contribution in [3.05, 3.63) is 24.3 Å². The molecule has 0 spiro atoms. The Kier molecular flexibility index (Phi) is 60.3. The molecule has 1 rings (SSSR count). The fraction of sp³-hybridized carbons (Fsp3) is 0.364. The smallest absolute Gasteiger partial charge is 0.545 e. The first-order valence-corrected chi connectivity index (χ1v) is 3.91. The molecular weight excluding hydrogens is 236 g/mol. The van der Waals surface area contributed by atoms with Gasteiger partial charge in [0.15, 0.2) is 0 Å². The summed E-state index contributed by atoms with van der Waals surface area (Å²) < 4.78 is 0. The van der Waals surface area contributed by atoms with Crippen molar-refractivity contribution in [2.75, 3.05) is 0 Å². The fourth-order valence-corrected chi connectivity index (χ4v) is 0.786. The third kappa shape index (κ3) is 32.1. The van der Waals surface area contributed by atoms with Gasteiger partial charge in [-0.1, -0.05) is 25.0 Å². The molecule has 0 aromatic carbocycles. The molecule has 0 amide bonds. The predicted octanol–water partition coefficient (Wildman–Crippen LogP) is 1.65. The first-order chi connectivity index (χ1) is 7.00. The molecule has 0 radical (unpaired) electrons. The van der Waals surface area contributed by atoms with E-state index in [-0.39, 0.29) is 17.1 Å². The Morgan fingerprint density at radius 2 is 1.27 bits per heavy atom. The number of carbonyl (C=O) groups excluding carboxylic acids is 3. The molecule has 0 aromatic rings. The van der Waals surface area contributed by atoms with E-state index in [0.717, 1.165) is 6.42 Å². The van der Waals surface area contributed by atoms with Gasteiger partial charge in [0.05, 0.1) is 0 Å². The van der Waals surface area contributed by atoms with Crippen LogP contribution in [0.4, 0.5) is 0 Å². The van der Waals surface area contributed by atoms with Gasteiger partial charge in [0.2, 0.25) is 0 Å². The van der Waals surface area contributed by atoms with Crippen LogP contribution in [0, 0.1) is 6.08 Å². The van der Waals surface area contributed by atoms with Crippen LogP contribution in [0.2, 0.25) is 0 Å². The molecule has 0 saturated heterocycles. The summed E-state index contributed by atoms with van der Waals surface area (Å²) in [7, 11) is 0. The van der Waals surface area contributed by atoms with Crippen LogP contribution in [0.25, 0.3) is 0 Å². The summed E-state index contributed by atoms with van der Waals surface area (Å²) in [6.07, 6.45) is 14.5. The van der Waals surface area contributed by atoms with Gasteiger partial charge in [0, 0.05) is 0 Å². The zero-order chi connectivity index (χ0) is 11.7. The summed E-state index contributed by atoms with van der Waals surface area (Å²) in [4.78, 5) is 23.2. The van der Waals surface area contributed by atoms with Crippen molar-refractivity contribution in [1.82, 2.24) is 0 Å². The molecule has 1 aliphatic carbocycles. The van der Waals surface area contributed by atoms with Crippen molar-refractivity contribution in [3.8, 4) is 0 Å². The molecule has 15 heavy (non-hydrogen) atoms. The molecule has 0 N–H and O–H groups in total. The average molecular weight is 250 g/mol. The van der Waals surface area contributed by atoms with E-state index in [9.17, 15) is 0 Å². The van der Waals surface area contributed by atoms with E-state index < -0.39 is 0 Å². The summed E-state index contributed by atoms with van der Waals surface area (Å²) >= 11 is 0. The van der Waals surface area contributed by atoms with Crippen LogP contribution in [0.1, 0.15) is 25.7 Å². The third-order valence-corrected chi connectivity index (χ3v) is 1.24. The van der Waals surface area contributed by atoms with Crippen molar-refractivity contribution in [2.45, 2.75) is 25.7 Å². The van der Waals surface area contributed by atoms with E-state index in [2.05, 4.69) is 44.7 Å². The normalized spacial score (nSPS) is 11.5. The van der Waals surface area contributed by atoms with Crippen LogP contribution < -0.4 is 0 Å². The van der Waals surface area contributed by atoms with Crippen LogP contribution in [-0.2, 0) is 31.5 Å². The maximum Gasteiger partial charge on any atom is 4.00 e. The van der Waals surface area contributed by atoms with Gasteiger partial charge in [0.1, 0.15) is 0 Å². The van der Waals surface area contributed by atoms with Gasteiger partial charge in [-0.2, -0.15) is 6.42 Å². The molecular formula is C11H14FeO3. The summed E-state index contributed by atoms with van der Waals surface area (Å²) in [5.41, 5.74) is 0. The Labute approximate surface area is 102 Å². The van der Waals surface area contributed by atoms with Gasteiger partial charge in [-0.05, 0) is 6.42 Å². The van der Waals surface area contributed by atoms with Crippen molar-refractivity contribution in [2.24, 2.45) is 0 Å². The first kappa shape index (κ1) is 23.7. The molecule has 84 valence electrons. The topological polar surface area (TPSA) is 51.2 Å². The maximum atomic E-state index is 7.75. The second kappa shape index (κ2) is 38.2. The van der Waals surface area contributed by atoms with Crippen molar-refractivity contribution >= 4 is 20.4 Å². The predicted molar refractivity (Wildman–Crippen MR) is 55.7 cm³/mol. The molecule has 0 bridgehead atoms. The number of hydrogen-bond acceptors (Lipinski definition) is 3. The fourth-order valence-electron chi connectivity index (χ4n) is 0.786. The standard InChI is InChI=1S/C8H11.3CHO.Fe/c1-2-4-6-8-7-5-3-1;3*1-2;/h1-2,7H,3-6H2;3*1H;/q4*-1;+4. The average Bonchev–Trinajstić information content (AvgIpc) is 2.26. The van der Waals surface area contributed by atoms with Gasteiger partial charge in [-0.3, -0.25) is 26.4 Å². The number of rotatable bonds is 0. The van der Waals surface area contributed by atoms with E-state index in [1.807, 2.05) is 0 Å². The van der Waals surface area contributed by atoms with Crippen LogP contribution in [-0.4, -0.2) is 20.4 Å². The SMILES string of the molecule is [C-]1=CCCC=CCC1.[CH-]=O.[CH-]=O.[CH-]=O.[Fe+4]. The van der Waals surface area contributed by atoms with Crippen LogP contribution in [0.5, 0.6) is 0 Å². The summed E-state index contributed by atoms with van der Waals surface area (Å²) in [5, 5.41) is 0. The summed E-state index contributed by atoms with van der Waals surface area (Å²) in [6.45, 7) is 9.75. The molecule has 1 aliphatic rings. The molecule has 0 unspecified atom stereocenters. The molecule has 4 heteroatoms. The maximum absolute atomic E-state index is 7.75. The van der Waals surface area contributed by atoms with Crippen LogP contribution in [0.3, 0.4) is 0 Å². The first-order valence-electron chi connectivity index (χ1n) is 3.91. The van der Waals surface area contributed by atoms with E-state index in [0.29, 0.717) is 0 Å². The van der Waals surface area contributed by atoms with Crippen LogP contribution in [0.15, 0.2) is 18.2 Å². The Morgan fingerprint density at radius 3 is 1.80 bits per heavy atom. The molecule has 0 aliphatic heterocycles. The van der Waals surface area contributed by atoms with E-state index in [4.69, 9.17) is 14.4 Å². The van der Waals surface area contributed by atoms with Gasteiger partial charge in [0.25, 0.3) is 0 Å². The van der Waals surface area contributed by atoms with Gasteiger partial charge < -0.3 is 20.5 Å². The van der Waals surface area contributed by atoms with Gasteiger partial charge in [-0.15, -0.1) is 0 Å². The molecule has 0 saturated carbocycles. The van der Waals surface area contributed by atoms with Crippen LogP contribution >= 0.6 is 0 Å². The van der Waals surface area contributed by atoms with Crippen molar-refractivity contribution in [1.29, 1.82) is 0 Å². The van der Waals surface area contributed by atoms with Gasteiger partial charge >= 0.3 is 17.1 Å². The van der Waals surface area contributed by atoms with E-state index in [1.165, 1.54) is 19.3 Å². The molecule has 3 nitrogen and oxygen atoms in total. The summed E-state index contributed by atoms with van der Waals surface area (Å²) in [6, 6.07) is 0. The minimum Gasteiger partial charge on any atom is -0.545 e. The number of allylic oxidation sites excluding steroid dienone is 4. The van der Waals surface area contributed by atoms with E-state index >= 15 is 0 Å². The number of hydrogen-bond donors (Lipinski definition) is 0. The molecule has 0 heterocycles. The van der Waals surface area contributed by atoms with Gasteiger partial charge in [-0.25, -0.2) is 0 Å². The monoisotopic (exact) mass is 250 g/mol. The van der Waals surface area contributed by atoms with Crippen molar-refractivity contribution < 1.29 is 31.5 Å². The van der Waals surface area contributed by atoms with E-state index in [1.54, 1.807) is 0 Å². The Hall–Kier alpha value is -0.991. The second-order valence-electron chi connectivity index (χ2n) is 2.00. The molecule has 0 fully saturated rings. The minimum atomic E-state index is 0. The zero-order valence-corrected chi connectivity index (χ0v) is 9.48. The summed E-state index contributed by atoms with van der Waals surface area (Å²) in [5.74, 6) is 0. The molecule has 0 aromatic heterocycles. The Bertz CT molecular complexity index is 116. The second-order valence-corrected chi connectivity index (χ2v) is 2.00. The zero-order valence-electron chi connectivity index (χ0n) is 8.37. The van der Waals surface area contributed by atoms with Crippen molar-refractivity contribution in [3.63, 3.8) is 0 Å². The largest absolute Gasteiger partial charge is 4.00 e. The Morgan fingerprint density at radius 1 is 0.800 bits per heavy atom. The molecule has 0 atom stereocenters. The minimum absolute atomic E-state index is 0. The Balaban J connectivity index is -0.0000000755.